The number of hydrogen-bond donors (Lipinski definition) is 3. The number of aryl methyl sites for hydroxylation is 1. The van der Waals surface area contributed by atoms with Crippen LogP contribution in [0.4, 0.5) is 27.8 Å². The van der Waals surface area contributed by atoms with Crippen LogP contribution in [0.1, 0.15) is 16.7 Å². The molecule has 158 valence electrons. The lowest BCUT2D eigenvalue weighted by atomic mass is 9.99. The van der Waals surface area contributed by atoms with Gasteiger partial charge in [-0.3, -0.25) is 0 Å². The molecule has 2 amide bonds. The number of urea groups is 1. The third-order valence-corrected chi connectivity index (χ3v) is 5.69. The van der Waals surface area contributed by atoms with Crippen LogP contribution in [0.25, 0.3) is 11.3 Å². The molecule has 0 fully saturated rings. The molecule has 0 aliphatic carbocycles. The quantitative estimate of drug-likeness (QED) is 0.594. The van der Waals surface area contributed by atoms with Gasteiger partial charge in [-0.1, -0.05) is 12.1 Å². The van der Waals surface area contributed by atoms with E-state index < -0.39 is 0 Å². The first kappa shape index (κ1) is 19.3. The molecule has 0 saturated carbocycles. The highest BCUT2D eigenvalue weighted by Gasteiger charge is 2.22. The van der Waals surface area contributed by atoms with Gasteiger partial charge in [0.15, 0.2) is 0 Å². The van der Waals surface area contributed by atoms with Crippen molar-refractivity contribution in [1.82, 2.24) is 14.9 Å². The smallest absolute Gasteiger partial charge is 0.323 e. The van der Waals surface area contributed by atoms with Crippen molar-refractivity contribution in [2.45, 2.75) is 19.9 Å². The maximum Gasteiger partial charge on any atom is 0.323 e. The van der Waals surface area contributed by atoms with Crippen molar-refractivity contribution in [3.8, 4) is 17.0 Å². The van der Waals surface area contributed by atoms with Crippen LogP contribution in [0.5, 0.6) is 5.75 Å². The summed E-state index contributed by atoms with van der Waals surface area (Å²) in [6, 6.07) is 9.79. The summed E-state index contributed by atoms with van der Waals surface area (Å²) in [6.45, 7) is 3.91. The van der Waals surface area contributed by atoms with Crippen molar-refractivity contribution < 1.29 is 9.53 Å². The van der Waals surface area contributed by atoms with Crippen LogP contribution in [0, 0.1) is 6.92 Å². The Morgan fingerprint density at radius 3 is 2.81 bits per heavy atom. The van der Waals surface area contributed by atoms with E-state index in [2.05, 4.69) is 45.0 Å². The Balaban J connectivity index is 1.55. The molecular weight excluding hydrogens is 392 g/mol. The van der Waals surface area contributed by atoms with E-state index in [0.29, 0.717) is 17.3 Å². The molecule has 0 spiro atoms. The molecular formula is C23H24N6O2. The van der Waals surface area contributed by atoms with Gasteiger partial charge in [0.1, 0.15) is 11.4 Å². The molecule has 2 aromatic carbocycles. The van der Waals surface area contributed by atoms with Crippen molar-refractivity contribution in [3.05, 3.63) is 53.2 Å². The van der Waals surface area contributed by atoms with Gasteiger partial charge in [-0.05, 0) is 55.3 Å². The number of amides is 2. The Morgan fingerprint density at radius 2 is 1.97 bits per heavy atom. The number of methoxy groups -OCH3 is 1. The maximum atomic E-state index is 12.2. The first-order chi connectivity index (χ1) is 15.0. The number of fused-ring (bicyclic) bond motifs is 4. The van der Waals surface area contributed by atoms with Crippen LogP contribution in [0.3, 0.4) is 0 Å². The Labute approximate surface area is 180 Å². The van der Waals surface area contributed by atoms with Crippen molar-refractivity contribution in [2.75, 3.05) is 36.7 Å². The Morgan fingerprint density at radius 1 is 1.13 bits per heavy atom. The summed E-state index contributed by atoms with van der Waals surface area (Å²) in [5, 5.41) is 9.00. The van der Waals surface area contributed by atoms with E-state index in [4.69, 9.17) is 9.72 Å². The summed E-state index contributed by atoms with van der Waals surface area (Å²) in [7, 11) is 3.79. The molecule has 5 rings (SSSR count). The van der Waals surface area contributed by atoms with Gasteiger partial charge in [0.2, 0.25) is 5.95 Å². The zero-order valence-electron chi connectivity index (χ0n) is 17.7. The van der Waals surface area contributed by atoms with E-state index in [1.165, 1.54) is 11.1 Å². The minimum absolute atomic E-state index is 0.310. The number of carbonyl (C=O) groups excluding carboxylic acids is 1. The molecule has 0 saturated heterocycles. The first-order valence-corrected chi connectivity index (χ1v) is 10.2. The van der Waals surface area contributed by atoms with E-state index >= 15 is 0 Å². The van der Waals surface area contributed by atoms with Crippen LogP contribution < -0.4 is 20.7 Å². The van der Waals surface area contributed by atoms with Crippen LogP contribution in [0.15, 0.2) is 36.5 Å². The van der Waals surface area contributed by atoms with Crippen molar-refractivity contribution in [2.24, 2.45) is 0 Å². The highest BCUT2D eigenvalue weighted by molar-refractivity contribution is 6.07. The van der Waals surface area contributed by atoms with Crippen LogP contribution >= 0.6 is 0 Å². The van der Waals surface area contributed by atoms with E-state index in [9.17, 15) is 4.79 Å². The van der Waals surface area contributed by atoms with Gasteiger partial charge in [0.25, 0.3) is 0 Å². The van der Waals surface area contributed by atoms with Gasteiger partial charge in [-0.2, -0.15) is 0 Å². The fourth-order valence-electron chi connectivity index (χ4n) is 4.10. The lowest BCUT2D eigenvalue weighted by molar-refractivity contribution is 0.262. The van der Waals surface area contributed by atoms with Crippen molar-refractivity contribution in [3.63, 3.8) is 0 Å². The zero-order valence-corrected chi connectivity index (χ0v) is 17.7. The topological polar surface area (TPSA) is 91.4 Å². The van der Waals surface area contributed by atoms with E-state index in [-0.39, 0.29) is 6.03 Å². The van der Waals surface area contributed by atoms with Crippen LogP contribution in [-0.4, -0.2) is 41.6 Å². The number of carbonyl (C=O) groups is 1. The molecule has 2 aliphatic heterocycles. The SMILES string of the molecule is COc1cc2c(cc1Nc1ncc3c(n1)-c1ccc(C)cc1NC(=O)N3)CN(C)CC2. The van der Waals surface area contributed by atoms with Gasteiger partial charge >= 0.3 is 6.03 Å². The van der Waals surface area contributed by atoms with E-state index in [0.717, 1.165) is 47.8 Å². The highest BCUT2D eigenvalue weighted by Crippen LogP contribution is 2.37. The Hall–Kier alpha value is -3.65. The van der Waals surface area contributed by atoms with Crippen molar-refractivity contribution >= 4 is 29.0 Å². The summed E-state index contributed by atoms with van der Waals surface area (Å²) in [5.74, 6) is 1.19. The summed E-state index contributed by atoms with van der Waals surface area (Å²) < 4.78 is 5.63. The molecule has 0 bridgehead atoms. The molecule has 1 aromatic heterocycles. The third-order valence-electron chi connectivity index (χ3n) is 5.69. The summed E-state index contributed by atoms with van der Waals surface area (Å²) in [5.41, 5.74) is 7.21. The van der Waals surface area contributed by atoms with Gasteiger partial charge in [0, 0.05) is 18.7 Å². The Bertz CT molecular complexity index is 1190. The molecule has 3 N–H and O–H groups in total. The predicted octanol–water partition coefficient (Wildman–Crippen LogP) is 4.15. The number of anilines is 4. The third kappa shape index (κ3) is 3.66. The molecule has 0 unspecified atom stereocenters. The molecule has 0 radical (unpaired) electrons. The lowest BCUT2D eigenvalue weighted by Gasteiger charge is -2.26. The number of benzene rings is 2. The average Bonchev–Trinajstić information content (AvgIpc) is 2.87. The van der Waals surface area contributed by atoms with Crippen LogP contribution in [0.2, 0.25) is 0 Å². The number of nitrogens with zero attached hydrogens (tertiary/aromatic N) is 3. The number of aromatic nitrogens is 2. The zero-order chi connectivity index (χ0) is 21.5. The monoisotopic (exact) mass is 416 g/mol. The Kier molecular flexibility index (Phi) is 4.71. The second-order valence-corrected chi connectivity index (χ2v) is 8.02. The minimum Gasteiger partial charge on any atom is -0.495 e. The minimum atomic E-state index is -0.310. The first-order valence-electron chi connectivity index (χ1n) is 10.2. The predicted molar refractivity (Wildman–Crippen MR) is 121 cm³/mol. The second kappa shape index (κ2) is 7.55. The maximum absolute atomic E-state index is 12.2. The van der Waals surface area contributed by atoms with Crippen molar-refractivity contribution in [1.29, 1.82) is 0 Å². The van der Waals surface area contributed by atoms with Gasteiger partial charge in [0.05, 0.1) is 30.4 Å². The number of likely N-dealkylation sites (N-methyl/N-ethyl adjacent to an activating group) is 1. The highest BCUT2D eigenvalue weighted by atomic mass is 16.5. The van der Waals surface area contributed by atoms with Crippen LogP contribution in [-0.2, 0) is 13.0 Å². The standard InChI is InChI=1S/C23H24N6O2/c1-13-4-5-16-17(8-13)26-23(30)27-19-11-24-22(28-21(16)19)25-18-9-15-12-29(2)7-6-14(15)10-20(18)31-3/h4-5,8-11H,6-7,12H2,1-3H3,(H,24,25,28)(H2,26,27,30). The molecule has 0 atom stereocenters. The fraction of sp³-hybridized carbons (Fsp3) is 0.261. The number of rotatable bonds is 3. The molecule has 8 nitrogen and oxygen atoms in total. The number of hydrogen-bond acceptors (Lipinski definition) is 6. The largest absolute Gasteiger partial charge is 0.495 e. The molecule has 3 heterocycles. The fourth-order valence-corrected chi connectivity index (χ4v) is 4.10. The molecule has 31 heavy (non-hydrogen) atoms. The van der Waals surface area contributed by atoms with E-state index in [1.807, 2.05) is 25.1 Å². The molecule has 3 aromatic rings. The summed E-state index contributed by atoms with van der Waals surface area (Å²) in [4.78, 5) is 23.7. The van der Waals surface area contributed by atoms with Gasteiger partial charge < -0.3 is 25.6 Å². The molecule has 2 aliphatic rings. The number of nitrogens with one attached hydrogen (secondary N) is 3. The lowest BCUT2D eigenvalue weighted by Crippen LogP contribution is -2.26. The summed E-state index contributed by atoms with van der Waals surface area (Å²) in [6.07, 6.45) is 2.62. The molecule has 8 heteroatoms. The summed E-state index contributed by atoms with van der Waals surface area (Å²) >= 11 is 0. The van der Waals surface area contributed by atoms with E-state index in [1.54, 1.807) is 13.3 Å². The van der Waals surface area contributed by atoms with Gasteiger partial charge in [-0.15, -0.1) is 0 Å². The second-order valence-electron chi connectivity index (χ2n) is 8.02. The number of ether oxygens (including phenoxy) is 1. The average molecular weight is 416 g/mol. The van der Waals surface area contributed by atoms with Gasteiger partial charge in [-0.25, -0.2) is 14.8 Å². The normalized spacial score (nSPS) is 15.0.